The molecule has 19 heavy (non-hydrogen) atoms. The quantitative estimate of drug-likeness (QED) is 0.800. The molecule has 4 heteroatoms. The van der Waals surface area contributed by atoms with E-state index in [0.29, 0.717) is 16.6 Å². The summed E-state index contributed by atoms with van der Waals surface area (Å²) in [5, 5.41) is 12.8. The van der Waals surface area contributed by atoms with Gasteiger partial charge in [0.2, 0.25) is 0 Å². The van der Waals surface area contributed by atoms with Gasteiger partial charge in [-0.05, 0) is 54.8 Å². The lowest BCUT2D eigenvalue weighted by Gasteiger charge is -2.34. The van der Waals surface area contributed by atoms with Gasteiger partial charge in [-0.1, -0.05) is 17.7 Å². The van der Waals surface area contributed by atoms with Crippen LogP contribution in [-0.4, -0.2) is 18.1 Å². The highest BCUT2D eigenvalue weighted by Gasteiger charge is 2.27. The van der Waals surface area contributed by atoms with Crippen LogP contribution in [0.25, 0.3) is 5.57 Å². The van der Waals surface area contributed by atoms with E-state index in [9.17, 15) is 0 Å². The van der Waals surface area contributed by atoms with E-state index in [0.717, 1.165) is 31.0 Å². The fourth-order valence-corrected chi connectivity index (χ4v) is 3.26. The summed E-state index contributed by atoms with van der Waals surface area (Å²) in [6.07, 6.45) is 7.74. The molecule has 1 aromatic rings. The number of nitrogens with one attached hydrogen (secondary N) is 1. The van der Waals surface area contributed by atoms with Gasteiger partial charge < -0.3 is 5.32 Å². The molecule has 0 saturated carbocycles. The molecule has 1 aromatic heterocycles. The van der Waals surface area contributed by atoms with Crippen LogP contribution in [-0.2, 0) is 0 Å². The SMILES string of the molecule is N#Cc1cc(C2=C[C@H]3CNCC[C@H]3CC2)cnc1Cl. The van der Waals surface area contributed by atoms with Crippen LogP contribution in [0.3, 0.4) is 0 Å². The minimum atomic E-state index is 0.292. The molecular formula is C15H16ClN3. The smallest absolute Gasteiger partial charge is 0.146 e. The minimum Gasteiger partial charge on any atom is -0.316 e. The first kappa shape index (κ1) is 12.7. The average Bonchev–Trinajstić information content (AvgIpc) is 2.47. The van der Waals surface area contributed by atoms with Crippen molar-refractivity contribution in [1.29, 1.82) is 5.26 Å². The van der Waals surface area contributed by atoms with Crippen molar-refractivity contribution in [3.05, 3.63) is 34.6 Å². The molecule has 1 fully saturated rings. The second-order valence-corrected chi connectivity index (χ2v) is 5.68. The topological polar surface area (TPSA) is 48.7 Å². The zero-order valence-electron chi connectivity index (χ0n) is 10.7. The third kappa shape index (κ3) is 2.51. The first-order valence-electron chi connectivity index (χ1n) is 6.75. The summed E-state index contributed by atoms with van der Waals surface area (Å²) in [6.45, 7) is 2.21. The molecule has 0 bridgehead atoms. The summed E-state index contributed by atoms with van der Waals surface area (Å²) in [5.41, 5.74) is 2.82. The highest BCUT2D eigenvalue weighted by Crippen LogP contribution is 2.36. The van der Waals surface area contributed by atoms with Crippen molar-refractivity contribution in [3.63, 3.8) is 0 Å². The number of rotatable bonds is 1. The summed E-state index contributed by atoms with van der Waals surface area (Å²) in [5.74, 6) is 1.44. The molecule has 3 rings (SSSR count). The van der Waals surface area contributed by atoms with Crippen molar-refractivity contribution in [2.24, 2.45) is 11.8 Å². The fraction of sp³-hybridized carbons (Fsp3) is 0.467. The average molecular weight is 274 g/mol. The molecule has 1 saturated heterocycles. The van der Waals surface area contributed by atoms with E-state index in [1.54, 1.807) is 6.20 Å². The Bertz CT molecular complexity index is 559. The third-order valence-electron chi connectivity index (χ3n) is 4.21. The summed E-state index contributed by atoms with van der Waals surface area (Å²) >= 11 is 5.88. The Morgan fingerprint density at radius 1 is 1.42 bits per heavy atom. The van der Waals surface area contributed by atoms with E-state index < -0.39 is 0 Å². The molecule has 0 radical (unpaired) electrons. The highest BCUT2D eigenvalue weighted by atomic mass is 35.5. The maximum Gasteiger partial charge on any atom is 0.146 e. The maximum atomic E-state index is 9.02. The Labute approximate surface area is 118 Å². The van der Waals surface area contributed by atoms with Gasteiger partial charge in [0.15, 0.2) is 0 Å². The zero-order valence-corrected chi connectivity index (χ0v) is 11.5. The van der Waals surface area contributed by atoms with Gasteiger partial charge in [-0.25, -0.2) is 4.98 Å². The largest absolute Gasteiger partial charge is 0.316 e. The number of pyridine rings is 1. The normalized spacial score (nSPS) is 26.2. The standard InChI is InChI=1S/C15H16ClN3/c16-15-12(7-17)6-14(9-19-15)11-2-1-10-3-4-18-8-13(10)5-11/h5-6,9-10,13,18H,1-4,8H2/t10-,13+/m1/s1. The van der Waals surface area contributed by atoms with Crippen molar-refractivity contribution < 1.29 is 0 Å². The van der Waals surface area contributed by atoms with Crippen LogP contribution in [0.4, 0.5) is 0 Å². The van der Waals surface area contributed by atoms with E-state index in [1.807, 2.05) is 6.07 Å². The van der Waals surface area contributed by atoms with Crippen LogP contribution >= 0.6 is 11.6 Å². The van der Waals surface area contributed by atoms with Crippen molar-refractivity contribution in [3.8, 4) is 6.07 Å². The zero-order chi connectivity index (χ0) is 13.2. The molecule has 2 aliphatic rings. The Hall–Kier alpha value is -1.37. The van der Waals surface area contributed by atoms with Gasteiger partial charge in [0, 0.05) is 12.7 Å². The third-order valence-corrected chi connectivity index (χ3v) is 4.51. The Kier molecular flexibility index (Phi) is 3.54. The molecule has 0 amide bonds. The van der Waals surface area contributed by atoms with Crippen molar-refractivity contribution in [2.45, 2.75) is 19.3 Å². The summed E-state index contributed by atoms with van der Waals surface area (Å²) in [4.78, 5) is 4.12. The lowest BCUT2D eigenvalue weighted by atomic mass is 9.76. The van der Waals surface area contributed by atoms with Crippen LogP contribution < -0.4 is 5.32 Å². The Morgan fingerprint density at radius 3 is 3.16 bits per heavy atom. The number of piperidine rings is 1. The van der Waals surface area contributed by atoms with E-state index in [2.05, 4.69) is 22.4 Å². The molecule has 0 unspecified atom stereocenters. The van der Waals surface area contributed by atoms with Gasteiger partial charge in [0.25, 0.3) is 0 Å². The number of fused-ring (bicyclic) bond motifs is 1. The Morgan fingerprint density at radius 2 is 2.32 bits per heavy atom. The van der Waals surface area contributed by atoms with Crippen molar-refractivity contribution in [1.82, 2.24) is 10.3 Å². The van der Waals surface area contributed by atoms with Crippen LogP contribution in [0.2, 0.25) is 5.15 Å². The van der Waals surface area contributed by atoms with Gasteiger partial charge in [0.1, 0.15) is 11.2 Å². The number of nitriles is 1. The summed E-state index contributed by atoms with van der Waals surface area (Å²) < 4.78 is 0. The van der Waals surface area contributed by atoms with Crippen molar-refractivity contribution >= 4 is 17.2 Å². The van der Waals surface area contributed by atoms with Gasteiger partial charge >= 0.3 is 0 Å². The lowest BCUT2D eigenvalue weighted by Crippen LogP contribution is -2.37. The molecule has 0 aromatic carbocycles. The number of halogens is 1. The number of hydrogen-bond donors (Lipinski definition) is 1. The number of allylic oxidation sites excluding steroid dienone is 1. The molecule has 98 valence electrons. The predicted molar refractivity (Wildman–Crippen MR) is 75.6 cm³/mol. The highest BCUT2D eigenvalue weighted by molar-refractivity contribution is 6.30. The number of hydrogen-bond acceptors (Lipinski definition) is 3. The van der Waals surface area contributed by atoms with E-state index >= 15 is 0 Å². The molecule has 1 aliphatic carbocycles. The maximum absolute atomic E-state index is 9.02. The molecular weight excluding hydrogens is 258 g/mol. The monoisotopic (exact) mass is 273 g/mol. The first-order chi connectivity index (χ1) is 9.28. The predicted octanol–water partition coefficient (Wildman–Crippen LogP) is 3.01. The number of nitrogens with zero attached hydrogens (tertiary/aromatic N) is 2. The van der Waals surface area contributed by atoms with Crippen LogP contribution in [0.5, 0.6) is 0 Å². The minimum absolute atomic E-state index is 0.292. The second kappa shape index (κ2) is 5.32. The van der Waals surface area contributed by atoms with E-state index in [-0.39, 0.29) is 0 Å². The molecule has 1 N–H and O–H groups in total. The number of aromatic nitrogens is 1. The molecule has 2 heterocycles. The van der Waals surface area contributed by atoms with Gasteiger partial charge in [-0.15, -0.1) is 0 Å². The van der Waals surface area contributed by atoms with Gasteiger partial charge in [-0.3, -0.25) is 0 Å². The molecule has 1 aliphatic heterocycles. The second-order valence-electron chi connectivity index (χ2n) is 5.32. The van der Waals surface area contributed by atoms with Crippen LogP contribution in [0.15, 0.2) is 18.3 Å². The molecule has 2 atom stereocenters. The van der Waals surface area contributed by atoms with Crippen molar-refractivity contribution in [2.75, 3.05) is 13.1 Å². The lowest BCUT2D eigenvalue weighted by molar-refractivity contribution is 0.279. The van der Waals surface area contributed by atoms with E-state index in [4.69, 9.17) is 16.9 Å². The fourth-order valence-electron chi connectivity index (χ4n) is 3.12. The summed E-state index contributed by atoms with van der Waals surface area (Å²) in [7, 11) is 0. The van der Waals surface area contributed by atoms with Gasteiger partial charge in [-0.2, -0.15) is 5.26 Å². The first-order valence-corrected chi connectivity index (χ1v) is 7.13. The summed E-state index contributed by atoms with van der Waals surface area (Å²) in [6, 6.07) is 3.96. The van der Waals surface area contributed by atoms with Gasteiger partial charge in [0.05, 0.1) is 5.56 Å². The van der Waals surface area contributed by atoms with Crippen LogP contribution in [0, 0.1) is 23.2 Å². The molecule has 3 nitrogen and oxygen atoms in total. The van der Waals surface area contributed by atoms with E-state index in [1.165, 1.54) is 18.4 Å². The molecule has 0 spiro atoms. The van der Waals surface area contributed by atoms with Crippen LogP contribution in [0.1, 0.15) is 30.4 Å². The Balaban J connectivity index is 1.90.